The van der Waals surface area contributed by atoms with Gasteiger partial charge in [-0.3, -0.25) is 4.79 Å². The molecule has 25 heavy (non-hydrogen) atoms. The molecule has 2 aliphatic rings. The summed E-state index contributed by atoms with van der Waals surface area (Å²) in [7, 11) is 2.08. The predicted octanol–water partition coefficient (Wildman–Crippen LogP) is 1.95. The van der Waals surface area contributed by atoms with Gasteiger partial charge in [-0.15, -0.1) is 0 Å². The molecule has 6 nitrogen and oxygen atoms in total. The van der Waals surface area contributed by atoms with Crippen LogP contribution in [0.3, 0.4) is 0 Å². The molecule has 0 spiro atoms. The maximum absolute atomic E-state index is 12.8. The molecule has 2 aliphatic heterocycles. The topological polar surface area (TPSA) is 52.6 Å². The number of fused-ring (bicyclic) bond motifs is 1. The molecule has 0 N–H and O–H groups in total. The zero-order chi connectivity index (χ0) is 17.2. The predicted molar refractivity (Wildman–Crippen MR) is 97.2 cm³/mol. The molecule has 0 atom stereocenters. The van der Waals surface area contributed by atoms with Crippen molar-refractivity contribution in [1.29, 1.82) is 0 Å². The Labute approximate surface area is 148 Å². The van der Waals surface area contributed by atoms with Crippen molar-refractivity contribution in [3.63, 3.8) is 0 Å². The van der Waals surface area contributed by atoms with Gasteiger partial charge in [0, 0.05) is 44.5 Å². The third kappa shape index (κ3) is 3.22. The summed E-state index contributed by atoms with van der Waals surface area (Å²) in [5.41, 5.74) is 3.00. The van der Waals surface area contributed by atoms with Crippen molar-refractivity contribution in [2.75, 3.05) is 44.7 Å². The van der Waals surface area contributed by atoms with Crippen LogP contribution in [0.5, 0.6) is 0 Å². The molecule has 0 unspecified atom stereocenters. The molecule has 1 aromatic carbocycles. The largest absolute Gasteiger partial charge is 0.335 e. The van der Waals surface area contributed by atoms with Gasteiger partial charge in [0.2, 0.25) is 0 Å². The average Bonchev–Trinajstić information content (AvgIpc) is 2.68. The molecule has 0 radical (unpaired) electrons. The fourth-order valence-corrected chi connectivity index (χ4v) is 3.55. The van der Waals surface area contributed by atoms with Crippen molar-refractivity contribution in [3.05, 3.63) is 47.9 Å². The first-order valence-electron chi connectivity index (χ1n) is 8.88. The van der Waals surface area contributed by atoms with E-state index in [9.17, 15) is 4.79 Å². The second-order valence-corrected chi connectivity index (χ2v) is 6.74. The Morgan fingerprint density at radius 1 is 1.04 bits per heavy atom. The number of anilines is 2. The number of rotatable bonds is 2. The minimum atomic E-state index is 0.00189. The third-order valence-electron chi connectivity index (χ3n) is 5.05. The van der Waals surface area contributed by atoms with Gasteiger partial charge in [0.05, 0.1) is 0 Å². The van der Waals surface area contributed by atoms with Crippen LogP contribution in [0.2, 0.25) is 0 Å². The quantitative estimate of drug-likeness (QED) is 0.838. The number of hydrogen-bond donors (Lipinski definition) is 0. The van der Waals surface area contributed by atoms with Gasteiger partial charge in [-0.05, 0) is 31.5 Å². The number of amides is 1. The molecule has 0 bridgehead atoms. The standard InChI is InChI=1S/C19H23N5O/c1-22-9-11-23(12-10-22)19(25)16-13-18(21-14-20-16)24-8-4-6-15-5-2-3-7-17(15)24/h2-3,5,7,13-14H,4,6,8-12H2,1H3. The number of aryl methyl sites for hydroxylation is 1. The Bertz CT molecular complexity index is 770. The molecule has 0 aliphatic carbocycles. The van der Waals surface area contributed by atoms with Crippen molar-refractivity contribution in [1.82, 2.24) is 19.8 Å². The smallest absolute Gasteiger partial charge is 0.272 e. The Morgan fingerprint density at radius 2 is 1.84 bits per heavy atom. The molecule has 3 heterocycles. The van der Waals surface area contributed by atoms with Crippen LogP contribution in [0.4, 0.5) is 11.5 Å². The maximum atomic E-state index is 12.8. The monoisotopic (exact) mass is 337 g/mol. The number of carbonyl (C=O) groups excluding carboxylic acids is 1. The molecule has 1 aromatic heterocycles. The summed E-state index contributed by atoms with van der Waals surface area (Å²) in [5, 5.41) is 0. The van der Waals surface area contributed by atoms with Crippen LogP contribution in [-0.2, 0) is 6.42 Å². The fourth-order valence-electron chi connectivity index (χ4n) is 3.55. The van der Waals surface area contributed by atoms with Crippen LogP contribution in [-0.4, -0.2) is 65.4 Å². The van der Waals surface area contributed by atoms with E-state index in [1.165, 1.54) is 17.6 Å². The lowest BCUT2D eigenvalue weighted by molar-refractivity contribution is 0.0658. The van der Waals surface area contributed by atoms with Crippen LogP contribution in [0.1, 0.15) is 22.5 Å². The van der Waals surface area contributed by atoms with Gasteiger partial charge in [0.1, 0.15) is 17.8 Å². The van der Waals surface area contributed by atoms with Gasteiger partial charge < -0.3 is 14.7 Å². The van der Waals surface area contributed by atoms with E-state index >= 15 is 0 Å². The number of hydrogen-bond acceptors (Lipinski definition) is 5. The molecule has 6 heteroatoms. The Morgan fingerprint density at radius 3 is 2.68 bits per heavy atom. The molecule has 1 amide bonds. The van der Waals surface area contributed by atoms with Gasteiger partial charge in [-0.2, -0.15) is 0 Å². The molecular weight excluding hydrogens is 314 g/mol. The van der Waals surface area contributed by atoms with E-state index in [0.29, 0.717) is 5.69 Å². The lowest BCUT2D eigenvalue weighted by Gasteiger charge is -2.33. The van der Waals surface area contributed by atoms with Crippen molar-refractivity contribution >= 4 is 17.4 Å². The highest BCUT2D eigenvalue weighted by atomic mass is 16.2. The Hall–Kier alpha value is -2.47. The van der Waals surface area contributed by atoms with E-state index in [1.54, 1.807) is 0 Å². The highest BCUT2D eigenvalue weighted by molar-refractivity contribution is 5.93. The zero-order valence-corrected chi connectivity index (χ0v) is 14.6. The van der Waals surface area contributed by atoms with Crippen LogP contribution in [0.25, 0.3) is 0 Å². The van der Waals surface area contributed by atoms with E-state index < -0.39 is 0 Å². The molecular formula is C19H23N5O. The minimum Gasteiger partial charge on any atom is -0.335 e. The van der Waals surface area contributed by atoms with E-state index in [4.69, 9.17) is 0 Å². The summed E-state index contributed by atoms with van der Waals surface area (Å²) in [6.07, 6.45) is 3.68. The van der Waals surface area contributed by atoms with Gasteiger partial charge in [0.15, 0.2) is 0 Å². The van der Waals surface area contributed by atoms with Crippen LogP contribution in [0.15, 0.2) is 36.7 Å². The van der Waals surface area contributed by atoms with Crippen molar-refractivity contribution < 1.29 is 4.79 Å². The maximum Gasteiger partial charge on any atom is 0.272 e. The molecule has 4 rings (SSSR count). The number of piperazine rings is 1. The van der Waals surface area contributed by atoms with E-state index in [0.717, 1.165) is 51.4 Å². The normalized spacial score (nSPS) is 18.1. The van der Waals surface area contributed by atoms with Gasteiger partial charge in [-0.1, -0.05) is 18.2 Å². The van der Waals surface area contributed by atoms with Crippen molar-refractivity contribution in [3.8, 4) is 0 Å². The van der Waals surface area contributed by atoms with Crippen molar-refractivity contribution in [2.45, 2.75) is 12.8 Å². The number of likely N-dealkylation sites (N-methyl/N-ethyl adjacent to an activating group) is 1. The summed E-state index contributed by atoms with van der Waals surface area (Å²) < 4.78 is 0. The minimum absolute atomic E-state index is 0.00189. The van der Waals surface area contributed by atoms with E-state index in [2.05, 4.69) is 51.1 Å². The first-order valence-corrected chi connectivity index (χ1v) is 8.88. The summed E-state index contributed by atoms with van der Waals surface area (Å²) in [5.74, 6) is 0.807. The summed E-state index contributed by atoms with van der Waals surface area (Å²) in [6.45, 7) is 4.23. The highest BCUT2D eigenvalue weighted by Gasteiger charge is 2.24. The van der Waals surface area contributed by atoms with E-state index in [1.807, 2.05) is 11.0 Å². The Balaban J connectivity index is 1.59. The first-order chi connectivity index (χ1) is 12.2. The molecule has 1 saturated heterocycles. The average molecular weight is 337 g/mol. The van der Waals surface area contributed by atoms with Crippen LogP contribution < -0.4 is 4.90 Å². The number of carbonyl (C=O) groups is 1. The summed E-state index contributed by atoms with van der Waals surface area (Å²) in [4.78, 5) is 27.8. The molecule has 2 aromatic rings. The van der Waals surface area contributed by atoms with Gasteiger partial charge >= 0.3 is 0 Å². The summed E-state index contributed by atoms with van der Waals surface area (Å²) >= 11 is 0. The van der Waals surface area contributed by atoms with Gasteiger partial charge in [0.25, 0.3) is 5.91 Å². The van der Waals surface area contributed by atoms with Crippen molar-refractivity contribution in [2.24, 2.45) is 0 Å². The van der Waals surface area contributed by atoms with E-state index in [-0.39, 0.29) is 5.91 Å². The van der Waals surface area contributed by atoms with Crippen LogP contribution in [0, 0.1) is 0 Å². The highest BCUT2D eigenvalue weighted by Crippen LogP contribution is 2.32. The lowest BCUT2D eigenvalue weighted by Crippen LogP contribution is -2.47. The number of nitrogens with zero attached hydrogens (tertiary/aromatic N) is 5. The molecule has 130 valence electrons. The molecule has 1 fully saturated rings. The number of para-hydroxylation sites is 1. The Kier molecular flexibility index (Phi) is 4.36. The number of benzene rings is 1. The SMILES string of the molecule is CN1CCN(C(=O)c2cc(N3CCCc4ccccc43)ncn2)CC1. The lowest BCUT2D eigenvalue weighted by atomic mass is 10.0. The number of aromatic nitrogens is 2. The second-order valence-electron chi connectivity index (χ2n) is 6.74. The fraction of sp³-hybridized carbons (Fsp3) is 0.421. The first kappa shape index (κ1) is 16.0. The van der Waals surface area contributed by atoms with Crippen LogP contribution >= 0.6 is 0 Å². The third-order valence-corrected chi connectivity index (χ3v) is 5.05. The zero-order valence-electron chi connectivity index (χ0n) is 14.6. The second kappa shape index (κ2) is 6.80. The van der Waals surface area contributed by atoms with Gasteiger partial charge in [-0.25, -0.2) is 9.97 Å². The molecule has 0 saturated carbocycles. The summed E-state index contributed by atoms with van der Waals surface area (Å²) in [6, 6.07) is 10.2.